The van der Waals surface area contributed by atoms with Crippen LogP contribution in [0.25, 0.3) is 0 Å². The van der Waals surface area contributed by atoms with E-state index in [0.29, 0.717) is 10.6 Å². The first-order valence-corrected chi connectivity index (χ1v) is 10.6. The highest BCUT2D eigenvalue weighted by Crippen LogP contribution is 2.36. The molecule has 1 aromatic carbocycles. The van der Waals surface area contributed by atoms with Crippen LogP contribution in [0.5, 0.6) is 0 Å². The molecule has 1 fully saturated rings. The summed E-state index contributed by atoms with van der Waals surface area (Å²) in [5, 5.41) is 6.18. The minimum Gasteiger partial charge on any atom is -0.452 e. The van der Waals surface area contributed by atoms with E-state index in [2.05, 4.69) is 10.6 Å². The third-order valence-electron chi connectivity index (χ3n) is 5.11. The number of carbonyl (C=O) groups excluding carboxylic acids is 3. The van der Waals surface area contributed by atoms with E-state index in [1.807, 2.05) is 45.9 Å². The molecule has 2 N–H and O–H groups in total. The lowest BCUT2D eigenvalue weighted by Crippen LogP contribution is -2.23. The van der Waals surface area contributed by atoms with Crippen LogP contribution in [0.3, 0.4) is 0 Å². The Morgan fingerprint density at radius 3 is 2.52 bits per heavy atom. The number of hydrogen-bond donors (Lipinski definition) is 2. The van der Waals surface area contributed by atoms with Crippen molar-refractivity contribution in [2.24, 2.45) is 5.92 Å². The summed E-state index contributed by atoms with van der Waals surface area (Å²) >= 11 is 1.35. The molecule has 0 unspecified atom stereocenters. The Labute approximate surface area is 174 Å². The molecule has 0 saturated heterocycles. The maximum atomic E-state index is 12.7. The molecule has 1 aromatic heterocycles. The summed E-state index contributed by atoms with van der Waals surface area (Å²) in [5.74, 6) is -1.02. The number of hydrogen-bond acceptors (Lipinski definition) is 5. The Bertz CT molecular complexity index is 960. The van der Waals surface area contributed by atoms with Crippen LogP contribution < -0.4 is 10.6 Å². The zero-order valence-electron chi connectivity index (χ0n) is 17.2. The molecule has 2 amide bonds. The summed E-state index contributed by atoms with van der Waals surface area (Å²) in [7, 11) is 0. The Balaban J connectivity index is 1.66. The van der Waals surface area contributed by atoms with E-state index >= 15 is 0 Å². The Morgan fingerprint density at radius 2 is 1.86 bits per heavy atom. The molecule has 0 bridgehead atoms. The zero-order chi connectivity index (χ0) is 21.1. The topological polar surface area (TPSA) is 84.5 Å². The van der Waals surface area contributed by atoms with E-state index in [9.17, 15) is 14.4 Å². The fraction of sp³-hybridized carbons (Fsp3) is 0.409. The number of thiophene rings is 1. The first-order chi connectivity index (χ1) is 13.8. The average Bonchev–Trinajstić information content (AvgIpc) is 3.49. The van der Waals surface area contributed by atoms with Gasteiger partial charge in [-0.2, -0.15) is 0 Å². The van der Waals surface area contributed by atoms with Crippen molar-refractivity contribution in [3.63, 3.8) is 0 Å². The molecule has 0 spiro atoms. The van der Waals surface area contributed by atoms with E-state index in [-0.39, 0.29) is 18.4 Å². The van der Waals surface area contributed by atoms with Crippen molar-refractivity contribution >= 4 is 39.8 Å². The second-order valence-corrected chi connectivity index (χ2v) is 8.56. The number of para-hydroxylation sites is 1. The lowest BCUT2D eigenvalue weighted by atomic mass is 10.1. The molecule has 2 aromatic rings. The van der Waals surface area contributed by atoms with Gasteiger partial charge in [0.25, 0.3) is 5.91 Å². The van der Waals surface area contributed by atoms with Gasteiger partial charge in [0.05, 0.1) is 5.56 Å². The number of aryl methyl sites for hydroxylation is 3. The molecule has 7 heteroatoms. The van der Waals surface area contributed by atoms with Gasteiger partial charge in [0.1, 0.15) is 5.00 Å². The number of esters is 1. The molecule has 1 saturated carbocycles. The fourth-order valence-corrected chi connectivity index (χ4v) is 4.15. The molecular weight excluding hydrogens is 388 g/mol. The summed E-state index contributed by atoms with van der Waals surface area (Å²) in [4.78, 5) is 38.1. The molecule has 0 aliphatic heterocycles. The van der Waals surface area contributed by atoms with Crippen molar-refractivity contribution in [1.82, 2.24) is 0 Å². The van der Waals surface area contributed by atoms with Crippen LogP contribution in [-0.2, 0) is 20.7 Å². The predicted octanol–water partition coefficient (Wildman–Crippen LogP) is 4.38. The number of carbonyl (C=O) groups is 3. The van der Waals surface area contributed by atoms with Gasteiger partial charge in [-0.15, -0.1) is 11.3 Å². The molecule has 1 aliphatic rings. The van der Waals surface area contributed by atoms with Gasteiger partial charge >= 0.3 is 5.97 Å². The maximum absolute atomic E-state index is 12.7. The Hall–Kier alpha value is -2.67. The fourth-order valence-electron chi connectivity index (χ4n) is 3.10. The van der Waals surface area contributed by atoms with E-state index in [1.165, 1.54) is 11.3 Å². The minimum absolute atomic E-state index is 0.0363. The van der Waals surface area contributed by atoms with Crippen molar-refractivity contribution < 1.29 is 19.1 Å². The monoisotopic (exact) mass is 414 g/mol. The first-order valence-electron chi connectivity index (χ1n) is 9.78. The van der Waals surface area contributed by atoms with Crippen molar-refractivity contribution in [3.8, 4) is 0 Å². The summed E-state index contributed by atoms with van der Waals surface area (Å²) in [6.07, 6.45) is 2.55. The maximum Gasteiger partial charge on any atom is 0.341 e. The van der Waals surface area contributed by atoms with Crippen LogP contribution in [0.15, 0.2) is 18.2 Å². The Morgan fingerprint density at radius 1 is 1.14 bits per heavy atom. The second kappa shape index (κ2) is 8.78. The van der Waals surface area contributed by atoms with E-state index < -0.39 is 11.9 Å². The highest BCUT2D eigenvalue weighted by molar-refractivity contribution is 7.16. The summed E-state index contributed by atoms with van der Waals surface area (Å²) < 4.78 is 5.27. The van der Waals surface area contributed by atoms with Crippen LogP contribution in [0.4, 0.5) is 10.7 Å². The van der Waals surface area contributed by atoms with Gasteiger partial charge in [0.15, 0.2) is 6.61 Å². The smallest absolute Gasteiger partial charge is 0.341 e. The first kappa shape index (κ1) is 21.0. The molecule has 154 valence electrons. The lowest BCUT2D eigenvalue weighted by molar-refractivity contribution is -0.119. The third kappa shape index (κ3) is 4.85. The van der Waals surface area contributed by atoms with Gasteiger partial charge < -0.3 is 15.4 Å². The number of rotatable bonds is 7. The van der Waals surface area contributed by atoms with Crippen LogP contribution >= 0.6 is 11.3 Å². The van der Waals surface area contributed by atoms with E-state index in [1.54, 1.807) is 0 Å². The van der Waals surface area contributed by atoms with E-state index in [0.717, 1.165) is 46.5 Å². The van der Waals surface area contributed by atoms with Crippen LogP contribution in [-0.4, -0.2) is 24.4 Å². The molecule has 6 nitrogen and oxygen atoms in total. The normalized spacial score (nSPS) is 13.1. The van der Waals surface area contributed by atoms with Gasteiger partial charge in [-0.25, -0.2) is 4.79 Å². The highest BCUT2D eigenvalue weighted by atomic mass is 32.1. The quantitative estimate of drug-likeness (QED) is 0.659. The predicted molar refractivity (Wildman–Crippen MR) is 115 cm³/mol. The van der Waals surface area contributed by atoms with Crippen molar-refractivity contribution in [3.05, 3.63) is 45.3 Å². The number of benzene rings is 1. The second-order valence-electron chi connectivity index (χ2n) is 7.34. The van der Waals surface area contributed by atoms with E-state index in [4.69, 9.17) is 4.74 Å². The summed E-state index contributed by atoms with van der Waals surface area (Å²) in [6, 6.07) is 5.83. The standard InChI is InChI=1S/C22H26N2O4S/c1-5-15-8-6-7-12(2)19(15)23-17(25)11-28-22(27)18-13(3)14(4)29-21(18)24-20(26)16-9-10-16/h6-8,16H,5,9-11H2,1-4H3,(H,23,25)(H,24,26). The minimum atomic E-state index is -0.603. The molecule has 1 aliphatic carbocycles. The number of nitrogens with one attached hydrogen (secondary N) is 2. The van der Waals surface area contributed by atoms with Crippen molar-refractivity contribution in [2.45, 2.75) is 47.0 Å². The van der Waals surface area contributed by atoms with Crippen LogP contribution in [0.2, 0.25) is 0 Å². The molecular formula is C22H26N2O4S. The van der Waals surface area contributed by atoms with Gasteiger partial charge in [-0.05, 0) is 56.7 Å². The van der Waals surface area contributed by atoms with Gasteiger partial charge in [0.2, 0.25) is 5.91 Å². The number of amides is 2. The zero-order valence-corrected chi connectivity index (χ0v) is 18.0. The lowest BCUT2D eigenvalue weighted by Gasteiger charge is -2.13. The van der Waals surface area contributed by atoms with Gasteiger partial charge in [-0.3, -0.25) is 9.59 Å². The summed E-state index contributed by atoms with van der Waals surface area (Å²) in [5.41, 5.74) is 3.84. The van der Waals surface area contributed by atoms with Crippen LogP contribution in [0, 0.1) is 26.7 Å². The molecule has 0 radical (unpaired) electrons. The molecule has 3 rings (SSSR count). The largest absolute Gasteiger partial charge is 0.452 e. The van der Waals surface area contributed by atoms with Crippen molar-refractivity contribution in [1.29, 1.82) is 0 Å². The van der Waals surface area contributed by atoms with Crippen LogP contribution in [0.1, 0.15) is 51.7 Å². The number of ether oxygens (including phenoxy) is 1. The molecule has 0 atom stereocenters. The molecule has 29 heavy (non-hydrogen) atoms. The van der Waals surface area contributed by atoms with Gasteiger partial charge in [0, 0.05) is 16.5 Å². The van der Waals surface area contributed by atoms with Crippen molar-refractivity contribution in [2.75, 3.05) is 17.2 Å². The number of anilines is 2. The third-order valence-corrected chi connectivity index (χ3v) is 6.24. The Kier molecular flexibility index (Phi) is 6.37. The average molecular weight is 415 g/mol. The summed E-state index contributed by atoms with van der Waals surface area (Å²) in [6.45, 7) is 7.26. The molecule has 1 heterocycles. The van der Waals surface area contributed by atoms with Gasteiger partial charge in [-0.1, -0.05) is 25.1 Å². The highest BCUT2D eigenvalue weighted by Gasteiger charge is 2.31. The SMILES string of the molecule is CCc1cccc(C)c1NC(=O)COC(=O)c1c(NC(=O)C2CC2)sc(C)c1C.